The van der Waals surface area contributed by atoms with E-state index in [-0.39, 0.29) is 11.7 Å². The summed E-state index contributed by atoms with van der Waals surface area (Å²) in [5, 5.41) is 4.36. The van der Waals surface area contributed by atoms with Gasteiger partial charge in [0.2, 0.25) is 9.05 Å². The lowest BCUT2D eigenvalue weighted by Crippen LogP contribution is -2.16. The van der Waals surface area contributed by atoms with Crippen molar-refractivity contribution in [1.29, 1.82) is 0 Å². The molecule has 0 bridgehead atoms. The van der Waals surface area contributed by atoms with Crippen LogP contribution in [0.4, 0.5) is 0 Å². The molecule has 1 aliphatic heterocycles. The standard InChI is InChI=1S/C10H15ClN2O3S/c1-13-6-9(7-17(11,14)15)10(12-13)8-2-4-16-5-3-8/h6,8H,2-5,7H2,1H3. The largest absolute Gasteiger partial charge is 0.381 e. The van der Waals surface area contributed by atoms with Crippen LogP contribution in [0.25, 0.3) is 0 Å². The molecule has 2 heterocycles. The SMILES string of the molecule is Cn1cc(CS(=O)(=O)Cl)c(C2CCOCC2)n1. The van der Waals surface area contributed by atoms with Gasteiger partial charge in [-0.1, -0.05) is 0 Å². The van der Waals surface area contributed by atoms with Crippen LogP contribution in [-0.4, -0.2) is 31.4 Å². The van der Waals surface area contributed by atoms with Crippen LogP contribution in [0.5, 0.6) is 0 Å². The number of ether oxygens (including phenoxy) is 1. The Hall–Kier alpha value is -0.590. The van der Waals surface area contributed by atoms with Gasteiger partial charge < -0.3 is 4.74 Å². The number of hydrogen-bond acceptors (Lipinski definition) is 4. The molecule has 0 spiro atoms. The van der Waals surface area contributed by atoms with Crippen molar-refractivity contribution in [3.63, 3.8) is 0 Å². The molecule has 0 unspecified atom stereocenters. The van der Waals surface area contributed by atoms with Crippen LogP contribution in [0, 0.1) is 0 Å². The highest BCUT2D eigenvalue weighted by atomic mass is 35.7. The first-order valence-corrected chi connectivity index (χ1v) is 7.96. The first-order valence-electron chi connectivity index (χ1n) is 5.48. The summed E-state index contributed by atoms with van der Waals surface area (Å²) in [4.78, 5) is 0. The minimum atomic E-state index is -3.54. The lowest BCUT2D eigenvalue weighted by atomic mass is 9.94. The second-order valence-corrected chi connectivity index (χ2v) is 7.06. The predicted octanol–water partition coefficient (Wildman–Crippen LogP) is 1.38. The van der Waals surface area contributed by atoms with Crippen molar-refractivity contribution in [2.45, 2.75) is 24.5 Å². The third-order valence-electron chi connectivity index (χ3n) is 2.87. The Bertz CT molecular complexity index is 492. The zero-order chi connectivity index (χ0) is 12.5. The van der Waals surface area contributed by atoms with Gasteiger partial charge in [0.1, 0.15) is 0 Å². The van der Waals surface area contributed by atoms with Gasteiger partial charge in [0.25, 0.3) is 0 Å². The molecule has 1 aromatic rings. The molecule has 0 saturated carbocycles. The van der Waals surface area contributed by atoms with Gasteiger partial charge in [-0.25, -0.2) is 8.42 Å². The molecule has 1 aromatic heterocycles. The highest BCUT2D eigenvalue weighted by Crippen LogP contribution is 2.29. The molecule has 0 aliphatic carbocycles. The molecule has 1 fully saturated rings. The minimum Gasteiger partial charge on any atom is -0.381 e. The fraction of sp³-hybridized carbons (Fsp3) is 0.700. The Morgan fingerprint density at radius 2 is 2.18 bits per heavy atom. The van der Waals surface area contributed by atoms with E-state index in [1.165, 1.54) is 0 Å². The average molecular weight is 279 g/mol. The van der Waals surface area contributed by atoms with Crippen LogP contribution in [-0.2, 0) is 26.6 Å². The minimum absolute atomic E-state index is 0.158. The van der Waals surface area contributed by atoms with E-state index >= 15 is 0 Å². The molecule has 0 amide bonds. The van der Waals surface area contributed by atoms with Crippen molar-refractivity contribution < 1.29 is 13.2 Å². The van der Waals surface area contributed by atoms with Crippen molar-refractivity contribution in [3.05, 3.63) is 17.5 Å². The van der Waals surface area contributed by atoms with E-state index < -0.39 is 9.05 Å². The highest BCUT2D eigenvalue weighted by molar-refractivity contribution is 8.13. The Balaban J connectivity index is 2.26. The summed E-state index contributed by atoms with van der Waals surface area (Å²) in [6.07, 6.45) is 3.49. The summed E-state index contributed by atoms with van der Waals surface area (Å²) in [7, 11) is 3.55. The van der Waals surface area contributed by atoms with Gasteiger partial charge in [-0.2, -0.15) is 5.10 Å². The number of rotatable bonds is 3. The second-order valence-electron chi connectivity index (χ2n) is 4.28. The molecule has 96 valence electrons. The Labute approximate surface area is 105 Å². The topological polar surface area (TPSA) is 61.2 Å². The molecule has 7 heteroatoms. The van der Waals surface area contributed by atoms with Crippen LogP contribution < -0.4 is 0 Å². The summed E-state index contributed by atoms with van der Waals surface area (Å²) < 4.78 is 29.2. The lowest BCUT2D eigenvalue weighted by Gasteiger charge is -2.21. The smallest absolute Gasteiger partial charge is 0.236 e. The maximum Gasteiger partial charge on any atom is 0.236 e. The van der Waals surface area contributed by atoms with E-state index in [0.717, 1.165) is 18.5 Å². The Morgan fingerprint density at radius 3 is 2.76 bits per heavy atom. The van der Waals surface area contributed by atoms with E-state index in [2.05, 4.69) is 5.10 Å². The van der Waals surface area contributed by atoms with Crippen LogP contribution in [0.3, 0.4) is 0 Å². The molecule has 0 atom stereocenters. The second kappa shape index (κ2) is 4.96. The number of hydrogen-bond donors (Lipinski definition) is 0. The predicted molar refractivity (Wildman–Crippen MR) is 64.5 cm³/mol. The fourth-order valence-electron chi connectivity index (χ4n) is 2.17. The van der Waals surface area contributed by atoms with Crippen LogP contribution in [0.2, 0.25) is 0 Å². The fourth-order valence-corrected chi connectivity index (χ4v) is 3.11. The van der Waals surface area contributed by atoms with Crippen LogP contribution >= 0.6 is 10.7 Å². The van der Waals surface area contributed by atoms with Gasteiger partial charge in [0.05, 0.1) is 11.4 Å². The molecule has 2 rings (SSSR count). The molecule has 0 radical (unpaired) electrons. The maximum atomic E-state index is 11.1. The zero-order valence-corrected chi connectivity index (χ0v) is 11.2. The number of halogens is 1. The quantitative estimate of drug-likeness (QED) is 0.784. The molecular weight excluding hydrogens is 264 g/mol. The summed E-state index contributed by atoms with van der Waals surface area (Å²) >= 11 is 0. The molecule has 17 heavy (non-hydrogen) atoms. The van der Waals surface area contributed by atoms with E-state index in [4.69, 9.17) is 15.4 Å². The zero-order valence-electron chi connectivity index (χ0n) is 9.60. The van der Waals surface area contributed by atoms with Crippen molar-refractivity contribution in [1.82, 2.24) is 9.78 Å². The highest BCUT2D eigenvalue weighted by Gasteiger charge is 2.23. The summed E-state index contributed by atoms with van der Waals surface area (Å²) in [5.41, 5.74) is 1.55. The first-order chi connectivity index (χ1) is 7.96. The third-order valence-corrected chi connectivity index (χ3v) is 3.86. The van der Waals surface area contributed by atoms with Gasteiger partial charge in [0, 0.05) is 48.6 Å². The third kappa shape index (κ3) is 3.43. The van der Waals surface area contributed by atoms with Crippen molar-refractivity contribution in [2.24, 2.45) is 7.05 Å². The molecule has 1 saturated heterocycles. The summed E-state index contributed by atoms with van der Waals surface area (Å²) in [6.45, 7) is 1.41. The van der Waals surface area contributed by atoms with Crippen LogP contribution in [0.1, 0.15) is 30.0 Å². The van der Waals surface area contributed by atoms with Crippen LogP contribution in [0.15, 0.2) is 6.20 Å². The van der Waals surface area contributed by atoms with E-state index in [0.29, 0.717) is 18.8 Å². The molecule has 5 nitrogen and oxygen atoms in total. The lowest BCUT2D eigenvalue weighted by molar-refractivity contribution is 0.0842. The van der Waals surface area contributed by atoms with Gasteiger partial charge in [-0.3, -0.25) is 4.68 Å². The maximum absolute atomic E-state index is 11.1. The van der Waals surface area contributed by atoms with Gasteiger partial charge in [-0.05, 0) is 12.8 Å². The van der Waals surface area contributed by atoms with Crippen molar-refractivity contribution in [2.75, 3.05) is 13.2 Å². The van der Waals surface area contributed by atoms with Crippen molar-refractivity contribution in [3.8, 4) is 0 Å². The summed E-state index contributed by atoms with van der Waals surface area (Å²) in [6, 6.07) is 0. The van der Waals surface area contributed by atoms with Gasteiger partial charge in [-0.15, -0.1) is 0 Å². The first kappa shape index (κ1) is 12.9. The average Bonchev–Trinajstić information content (AvgIpc) is 2.58. The number of aromatic nitrogens is 2. The molecular formula is C10H15ClN2O3S. The molecule has 1 aliphatic rings. The van der Waals surface area contributed by atoms with Gasteiger partial charge in [0.15, 0.2) is 0 Å². The normalized spacial score (nSPS) is 18.5. The van der Waals surface area contributed by atoms with E-state index in [1.54, 1.807) is 17.9 Å². The van der Waals surface area contributed by atoms with E-state index in [1.807, 2.05) is 0 Å². The number of aryl methyl sites for hydroxylation is 1. The molecule has 0 aromatic carbocycles. The van der Waals surface area contributed by atoms with Crippen molar-refractivity contribution >= 4 is 19.7 Å². The molecule has 0 N–H and O–H groups in total. The Morgan fingerprint density at radius 1 is 1.53 bits per heavy atom. The number of nitrogens with zero attached hydrogens (tertiary/aromatic N) is 2. The van der Waals surface area contributed by atoms with E-state index in [9.17, 15) is 8.42 Å². The Kier molecular flexibility index (Phi) is 3.75. The van der Waals surface area contributed by atoms with Gasteiger partial charge >= 0.3 is 0 Å². The monoisotopic (exact) mass is 278 g/mol. The summed E-state index contributed by atoms with van der Waals surface area (Å²) in [5.74, 6) is 0.119.